The van der Waals surface area contributed by atoms with Crippen molar-refractivity contribution in [3.63, 3.8) is 0 Å². The molecule has 2 atom stereocenters. The van der Waals surface area contributed by atoms with Crippen LogP contribution in [-0.4, -0.2) is 38.6 Å². The van der Waals surface area contributed by atoms with Crippen LogP contribution in [-0.2, 0) is 14.8 Å². The third-order valence-corrected chi connectivity index (χ3v) is 5.51. The van der Waals surface area contributed by atoms with E-state index in [0.29, 0.717) is 10.6 Å². The molecule has 0 aliphatic heterocycles. The first-order valence-corrected chi connectivity index (χ1v) is 8.97. The molecule has 22 heavy (non-hydrogen) atoms. The van der Waals surface area contributed by atoms with Crippen molar-refractivity contribution >= 4 is 27.5 Å². The van der Waals surface area contributed by atoms with Gasteiger partial charge in [-0.1, -0.05) is 43.6 Å². The minimum atomic E-state index is -3.81. The van der Waals surface area contributed by atoms with Crippen molar-refractivity contribution in [2.24, 2.45) is 5.92 Å². The van der Waals surface area contributed by atoms with Crippen LogP contribution in [0.2, 0.25) is 5.02 Å². The van der Waals surface area contributed by atoms with Gasteiger partial charge in [-0.15, -0.1) is 0 Å². The zero-order valence-corrected chi connectivity index (χ0v) is 15.1. The highest BCUT2D eigenvalue weighted by atomic mass is 35.5. The molecule has 124 valence electrons. The van der Waals surface area contributed by atoms with E-state index in [-0.39, 0.29) is 5.92 Å². The number of amides is 1. The Labute approximate surface area is 137 Å². The van der Waals surface area contributed by atoms with Crippen molar-refractivity contribution in [1.29, 1.82) is 0 Å². The number of carbonyl (C=O) groups excluding carboxylic acids is 1. The van der Waals surface area contributed by atoms with Crippen molar-refractivity contribution in [2.45, 2.75) is 32.1 Å². The minimum absolute atomic E-state index is 0.0173. The molecule has 0 unspecified atom stereocenters. The molecule has 0 spiro atoms. The van der Waals surface area contributed by atoms with E-state index in [4.69, 9.17) is 11.6 Å². The maximum atomic E-state index is 12.5. The maximum Gasteiger partial charge on any atom is 0.241 e. The van der Waals surface area contributed by atoms with Gasteiger partial charge >= 0.3 is 0 Å². The fourth-order valence-electron chi connectivity index (χ4n) is 2.06. The Kier molecular flexibility index (Phi) is 6.40. The SMILES string of the molecule is CC(C)[C@@H](NS(=O)(=O)[C@H](C)C(=O)N(C)C)c1ccccc1Cl. The van der Waals surface area contributed by atoms with E-state index in [9.17, 15) is 13.2 Å². The molecular formula is C15H23ClN2O3S. The number of benzene rings is 1. The van der Waals surface area contributed by atoms with Crippen molar-refractivity contribution in [1.82, 2.24) is 9.62 Å². The number of nitrogens with one attached hydrogen (secondary N) is 1. The molecule has 0 aliphatic carbocycles. The second-order valence-electron chi connectivity index (χ2n) is 5.78. The van der Waals surface area contributed by atoms with Crippen LogP contribution in [0.5, 0.6) is 0 Å². The van der Waals surface area contributed by atoms with Gasteiger partial charge in [0.05, 0.1) is 6.04 Å². The summed E-state index contributed by atoms with van der Waals surface area (Å²) in [5.41, 5.74) is 0.701. The Morgan fingerprint density at radius 2 is 1.73 bits per heavy atom. The Balaban J connectivity index is 3.11. The predicted molar refractivity (Wildman–Crippen MR) is 89.2 cm³/mol. The van der Waals surface area contributed by atoms with Crippen molar-refractivity contribution in [3.05, 3.63) is 34.9 Å². The van der Waals surface area contributed by atoms with Crippen LogP contribution < -0.4 is 4.72 Å². The topological polar surface area (TPSA) is 66.5 Å². The van der Waals surface area contributed by atoms with E-state index in [0.717, 1.165) is 0 Å². The molecule has 0 aromatic heterocycles. The molecule has 0 heterocycles. The summed E-state index contributed by atoms with van der Waals surface area (Å²) in [7, 11) is -0.753. The molecule has 0 radical (unpaired) electrons. The molecule has 1 rings (SSSR count). The lowest BCUT2D eigenvalue weighted by molar-refractivity contribution is -0.127. The quantitative estimate of drug-likeness (QED) is 0.860. The van der Waals surface area contributed by atoms with Gasteiger partial charge in [-0.05, 0) is 24.5 Å². The fraction of sp³-hybridized carbons (Fsp3) is 0.533. The average molecular weight is 347 g/mol. The molecule has 1 N–H and O–H groups in total. The molecule has 1 amide bonds. The third-order valence-electron chi connectivity index (χ3n) is 3.45. The third kappa shape index (κ3) is 4.44. The van der Waals surface area contributed by atoms with Gasteiger partial charge in [-0.3, -0.25) is 4.79 Å². The number of halogens is 1. The molecule has 5 nitrogen and oxygen atoms in total. The summed E-state index contributed by atoms with van der Waals surface area (Å²) in [6, 6.07) is 6.61. The van der Waals surface area contributed by atoms with Crippen molar-refractivity contribution < 1.29 is 13.2 Å². The van der Waals surface area contributed by atoms with Gasteiger partial charge in [0.1, 0.15) is 0 Å². The molecule has 0 saturated carbocycles. The Hall–Kier alpha value is -1.11. The van der Waals surface area contributed by atoms with Crippen LogP contribution >= 0.6 is 11.6 Å². The first-order valence-electron chi connectivity index (χ1n) is 7.04. The van der Waals surface area contributed by atoms with Gasteiger partial charge in [-0.2, -0.15) is 0 Å². The molecule has 0 aliphatic rings. The summed E-state index contributed by atoms with van der Waals surface area (Å²) in [6.45, 7) is 5.18. The normalized spacial score (nSPS) is 14.7. The van der Waals surface area contributed by atoms with E-state index in [1.54, 1.807) is 24.3 Å². The first kappa shape index (κ1) is 18.9. The molecule has 1 aromatic rings. The molecular weight excluding hydrogens is 324 g/mol. The number of sulfonamides is 1. The lowest BCUT2D eigenvalue weighted by Gasteiger charge is -2.26. The largest absolute Gasteiger partial charge is 0.348 e. The summed E-state index contributed by atoms with van der Waals surface area (Å²) < 4.78 is 27.6. The molecule has 7 heteroatoms. The van der Waals surface area contributed by atoms with Crippen LogP contribution in [0.3, 0.4) is 0 Å². The second-order valence-corrected chi connectivity index (χ2v) is 8.22. The summed E-state index contributed by atoms with van der Waals surface area (Å²) in [5, 5.41) is -0.665. The summed E-state index contributed by atoms with van der Waals surface area (Å²) >= 11 is 6.17. The summed E-state index contributed by atoms with van der Waals surface area (Å²) in [6.07, 6.45) is 0. The second kappa shape index (κ2) is 7.44. The Bertz CT molecular complexity index is 629. The Morgan fingerprint density at radius 1 is 1.18 bits per heavy atom. The number of hydrogen-bond donors (Lipinski definition) is 1. The molecule has 1 aromatic carbocycles. The van der Waals surface area contributed by atoms with Gasteiger partial charge in [0.15, 0.2) is 5.25 Å². The number of rotatable bonds is 6. The lowest BCUT2D eigenvalue weighted by Crippen LogP contribution is -2.45. The molecule has 0 fully saturated rings. The molecule has 0 bridgehead atoms. The van der Waals surface area contributed by atoms with E-state index in [1.807, 2.05) is 13.8 Å². The fourth-order valence-corrected chi connectivity index (χ4v) is 3.75. The van der Waals surface area contributed by atoms with Crippen molar-refractivity contribution in [3.8, 4) is 0 Å². The van der Waals surface area contributed by atoms with Crippen molar-refractivity contribution in [2.75, 3.05) is 14.1 Å². The number of nitrogens with zero attached hydrogens (tertiary/aromatic N) is 1. The molecule has 0 saturated heterocycles. The average Bonchev–Trinajstić information content (AvgIpc) is 2.43. The van der Waals surface area contributed by atoms with Crippen LogP contribution in [0.15, 0.2) is 24.3 Å². The van der Waals surface area contributed by atoms with Crippen LogP contribution in [0, 0.1) is 5.92 Å². The van der Waals surface area contributed by atoms with Crippen LogP contribution in [0.25, 0.3) is 0 Å². The van der Waals surface area contributed by atoms with Gasteiger partial charge in [0, 0.05) is 19.1 Å². The first-order chi connectivity index (χ1) is 10.1. The Morgan fingerprint density at radius 3 is 2.18 bits per heavy atom. The summed E-state index contributed by atoms with van der Waals surface area (Å²) in [4.78, 5) is 13.2. The van der Waals surface area contributed by atoms with Gasteiger partial charge in [0.2, 0.25) is 15.9 Å². The highest BCUT2D eigenvalue weighted by Gasteiger charge is 2.33. The van der Waals surface area contributed by atoms with Gasteiger partial charge in [-0.25, -0.2) is 13.1 Å². The van der Waals surface area contributed by atoms with E-state index in [2.05, 4.69) is 4.72 Å². The highest BCUT2D eigenvalue weighted by Crippen LogP contribution is 2.29. The zero-order chi connectivity index (χ0) is 17.1. The minimum Gasteiger partial charge on any atom is -0.348 e. The van der Waals surface area contributed by atoms with E-state index >= 15 is 0 Å². The monoisotopic (exact) mass is 346 g/mol. The smallest absolute Gasteiger partial charge is 0.241 e. The lowest BCUT2D eigenvalue weighted by atomic mass is 9.97. The zero-order valence-electron chi connectivity index (χ0n) is 13.5. The van der Waals surface area contributed by atoms with Crippen LogP contribution in [0.1, 0.15) is 32.4 Å². The van der Waals surface area contributed by atoms with Crippen LogP contribution in [0.4, 0.5) is 0 Å². The number of hydrogen-bond acceptors (Lipinski definition) is 3. The predicted octanol–water partition coefficient (Wildman–Crippen LogP) is 2.43. The van der Waals surface area contributed by atoms with E-state index in [1.165, 1.54) is 25.9 Å². The maximum absolute atomic E-state index is 12.5. The highest BCUT2D eigenvalue weighted by molar-refractivity contribution is 7.90. The summed E-state index contributed by atoms with van der Waals surface area (Å²) in [5.74, 6) is -0.481. The van der Waals surface area contributed by atoms with Gasteiger partial charge < -0.3 is 4.90 Å². The number of carbonyl (C=O) groups is 1. The standard InChI is InChI=1S/C15H23ClN2O3S/c1-10(2)14(12-8-6-7-9-13(12)16)17-22(20,21)11(3)15(19)18(4)5/h6-11,14,17H,1-5H3/t11-,14-/m1/s1. The van der Waals surface area contributed by atoms with E-state index < -0.39 is 27.2 Å². The van der Waals surface area contributed by atoms with Gasteiger partial charge in [0.25, 0.3) is 0 Å².